The topological polar surface area (TPSA) is 112 Å². The van der Waals surface area contributed by atoms with Gasteiger partial charge in [0, 0.05) is 17.9 Å². The normalized spacial score (nSPS) is 10.5. The van der Waals surface area contributed by atoms with Crippen LogP contribution in [0.5, 0.6) is 0 Å². The van der Waals surface area contributed by atoms with E-state index in [0.717, 1.165) is 10.7 Å². The Morgan fingerprint density at radius 1 is 1.27 bits per heavy atom. The van der Waals surface area contributed by atoms with Crippen molar-refractivity contribution in [1.29, 1.82) is 5.26 Å². The van der Waals surface area contributed by atoms with Gasteiger partial charge in [0.05, 0.1) is 36.9 Å². The second kappa shape index (κ2) is 10.3. The first-order chi connectivity index (χ1) is 12.6. The van der Waals surface area contributed by atoms with Gasteiger partial charge in [-0.15, -0.1) is 11.8 Å². The lowest BCUT2D eigenvalue weighted by Crippen LogP contribution is -2.33. The van der Waals surface area contributed by atoms with Gasteiger partial charge in [0.15, 0.2) is 0 Å². The molecule has 2 amide bonds. The molecule has 2 rings (SSSR count). The summed E-state index contributed by atoms with van der Waals surface area (Å²) in [6.45, 7) is 1.03. The molecule has 0 aliphatic carbocycles. The zero-order valence-corrected chi connectivity index (χ0v) is 15.0. The van der Waals surface area contributed by atoms with Crippen LogP contribution in [-0.4, -0.2) is 35.6 Å². The number of nitrogens with one attached hydrogen (secondary N) is 1. The molecule has 1 aromatic heterocycles. The van der Waals surface area contributed by atoms with E-state index in [1.165, 1.54) is 11.8 Å². The minimum absolute atomic E-state index is 0.122. The molecular weight excluding hydrogens is 352 g/mol. The SMILES string of the molecule is N#CCCN(CC(=O)Nc1ccccc1SCC(N)=O)Cc1ccco1. The molecule has 0 bridgehead atoms. The van der Waals surface area contributed by atoms with E-state index in [0.29, 0.717) is 25.2 Å². The molecule has 0 radical (unpaired) electrons. The standard InChI is InChI=1S/C18H20N4O3S/c19-8-4-9-22(11-14-5-3-10-25-14)12-18(24)21-15-6-1-2-7-16(15)26-13-17(20)23/h1-3,5-7,10H,4,9,11-13H2,(H2,20,23)(H,21,24). The van der Waals surface area contributed by atoms with Crippen molar-refractivity contribution in [3.8, 4) is 6.07 Å². The number of rotatable bonds is 10. The number of amides is 2. The summed E-state index contributed by atoms with van der Waals surface area (Å²) in [5.74, 6) is 0.242. The molecule has 136 valence electrons. The first-order valence-electron chi connectivity index (χ1n) is 8.00. The van der Waals surface area contributed by atoms with E-state index < -0.39 is 5.91 Å². The van der Waals surface area contributed by atoms with Crippen molar-refractivity contribution in [2.45, 2.75) is 17.9 Å². The Balaban J connectivity index is 1.98. The van der Waals surface area contributed by atoms with Gasteiger partial charge < -0.3 is 15.5 Å². The third-order valence-electron chi connectivity index (χ3n) is 3.40. The number of benzene rings is 1. The monoisotopic (exact) mass is 372 g/mol. The maximum Gasteiger partial charge on any atom is 0.238 e. The Labute approximate surface area is 156 Å². The van der Waals surface area contributed by atoms with Crippen molar-refractivity contribution in [3.63, 3.8) is 0 Å². The lowest BCUT2D eigenvalue weighted by Gasteiger charge is -2.20. The largest absolute Gasteiger partial charge is 0.468 e. The summed E-state index contributed by atoms with van der Waals surface area (Å²) < 4.78 is 5.31. The highest BCUT2D eigenvalue weighted by Crippen LogP contribution is 2.26. The van der Waals surface area contributed by atoms with Gasteiger partial charge in [-0.2, -0.15) is 5.26 Å². The van der Waals surface area contributed by atoms with Crippen LogP contribution in [0.4, 0.5) is 5.69 Å². The van der Waals surface area contributed by atoms with Gasteiger partial charge in [-0.25, -0.2) is 0 Å². The van der Waals surface area contributed by atoms with Gasteiger partial charge in [-0.05, 0) is 24.3 Å². The van der Waals surface area contributed by atoms with Crippen molar-refractivity contribution >= 4 is 29.3 Å². The van der Waals surface area contributed by atoms with Crippen molar-refractivity contribution < 1.29 is 14.0 Å². The number of nitrogens with zero attached hydrogens (tertiary/aromatic N) is 2. The van der Waals surface area contributed by atoms with Crippen LogP contribution >= 0.6 is 11.8 Å². The molecule has 0 spiro atoms. The number of furan rings is 1. The van der Waals surface area contributed by atoms with Gasteiger partial charge in [0.25, 0.3) is 0 Å². The van der Waals surface area contributed by atoms with E-state index in [4.69, 9.17) is 15.4 Å². The van der Waals surface area contributed by atoms with Crippen LogP contribution < -0.4 is 11.1 Å². The molecule has 1 heterocycles. The number of thioether (sulfide) groups is 1. The number of hydrogen-bond donors (Lipinski definition) is 2. The molecule has 1 aromatic carbocycles. The van der Waals surface area contributed by atoms with E-state index in [-0.39, 0.29) is 18.2 Å². The van der Waals surface area contributed by atoms with Crippen LogP contribution in [-0.2, 0) is 16.1 Å². The summed E-state index contributed by atoms with van der Waals surface area (Å²) in [6, 6.07) is 12.9. The van der Waals surface area contributed by atoms with Crippen molar-refractivity contribution in [2.75, 3.05) is 24.2 Å². The smallest absolute Gasteiger partial charge is 0.238 e. The second-order valence-electron chi connectivity index (χ2n) is 5.50. The molecule has 3 N–H and O–H groups in total. The zero-order valence-electron chi connectivity index (χ0n) is 14.2. The fraction of sp³-hybridized carbons (Fsp3) is 0.278. The predicted molar refractivity (Wildman–Crippen MR) is 99.2 cm³/mol. The third-order valence-corrected chi connectivity index (χ3v) is 4.49. The molecule has 0 aliphatic heterocycles. The van der Waals surface area contributed by atoms with Gasteiger partial charge in [-0.1, -0.05) is 12.1 Å². The van der Waals surface area contributed by atoms with E-state index in [1.54, 1.807) is 24.5 Å². The number of primary amides is 1. The van der Waals surface area contributed by atoms with Gasteiger partial charge in [0.2, 0.25) is 11.8 Å². The molecule has 0 fully saturated rings. The molecule has 8 heteroatoms. The predicted octanol–water partition coefficient (Wildman–Crippen LogP) is 2.21. The third kappa shape index (κ3) is 6.63. The molecule has 2 aromatic rings. The summed E-state index contributed by atoms with van der Waals surface area (Å²) >= 11 is 1.27. The minimum Gasteiger partial charge on any atom is -0.468 e. The number of para-hydroxylation sites is 1. The fourth-order valence-electron chi connectivity index (χ4n) is 2.28. The number of hydrogen-bond acceptors (Lipinski definition) is 6. The molecule has 0 saturated carbocycles. The van der Waals surface area contributed by atoms with E-state index in [9.17, 15) is 9.59 Å². The first kappa shape index (κ1) is 19.6. The van der Waals surface area contributed by atoms with Crippen LogP contribution in [0.3, 0.4) is 0 Å². The second-order valence-corrected chi connectivity index (χ2v) is 6.51. The Morgan fingerprint density at radius 3 is 2.77 bits per heavy atom. The number of nitriles is 1. The van der Waals surface area contributed by atoms with Gasteiger partial charge >= 0.3 is 0 Å². The lowest BCUT2D eigenvalue weighted by atomic mass is 10.3. The summed E-state index contributed by atoms with van der Waals surface area (Å²) in [4.78, 5) is 26.0. The van der Waals surface area contributed by atoms with E-state index >= 15 is 0 Å². The zero-order chi connectivity index (χ0) is 18.8. The molecule has 26 heavy (non-hydrogen) atoms. The lowest BCUT2D eigenvalue weighted by molar-refractivity contribution is -0.117. The molecule has 0 atom stereocenters. The Morgan fingerprint density at radius 2 is 2.08 bits per heavy atom. The summed E-state index contributed by atoms with van der Waals surface area (Å²) in [5, 5.41) is 11.7. The van der Waals surface area contributed by atoms with Crippen molar-refractivity contribution in [2.24, 2.45) is 5.73 Å². The summed E-state index contributed by atoms with van der Waals surface area (Å²) in [5.41, 5.74) is 5.81. The average molecular weight is 372 g/mol. The average Bonchev–Trinajstić information content (AvgIpc) is 3.11. The van der Waals surface area contributed by atoms with E-state index in [2.05, 4.69) is 11.4 Å². The quantitative estimate of drug-likeness (QED) is 0.618. The van der Waals surface area contributed by atoms with Crippen LogP contribution in [0.15, 0.2) is 52.0 Å². The van der Waals surface area contributed by atoms with Gasteiger partial charge in [0.1, 0.15) is 5.76 Å². The molecule has 0 aliphatic rings. The highest BCUT2D eigenvalue weighted by Gasteiger charge is 2.14. The fourth-order valence-corrected chi connectivity index (χ4v) is 3.03. The van der Waals surface area contributed by atoms with Crippen LogP contribution in [0, 0.1) is 11.3 Å². The number of anilines is 1. The van der Waals surface area contributed by atoms with Crippen LogP contribution in [0.1, 0.15) is 12.2 Å². The number of carbonyl (C=O) groups excluding carboxylic acids is 2. The summed E-state index contributed by atoms with van der Waals surface area (Å²) in [7, 11) is 0. The minimum atomic E-state index is -0.419. The van der Waals surface area contributed by atoms with E-state index in [1.807, 2.05) is 23.1 Å². The summed E-state index contributed by atoms with van der Waals surface area (Å²) in [6.07, 6.45) is 1.89. The van der Waals surface area contributed by atoms with Gasteiger partial charge in [-0.3, -0.25) is 14.5 Å². The highest BCUT2D eigenvalue weighted by atomic mass is 32.2. The first-order valence-corrected chi connectivity index (χ1v) is 8.98. The van der Waals surface area contributed by atoms with Crippen LogP contribution in [0.2, 0.25) is 0 Å². The molecule has 0 saturated heterocycles. The number of carbonyl (C=O) groups is 2. The van der Waals surface area contributed by atoms with Crippen molar-refractivity contribution in [1.82, 2.24) is 4.90 Å². The van der Waals surface area contributed by atoms with Crippen LogP contribution in [0.25, 0.3) is 0 Å². The molecular formula is C18H20N4O3S. The molecule has 0 unspecified atom stereocenters. The Kier molecular flexibility index (Phi) is 7.74. The maximum absolute atomic E-state index is 12.4. The Bertz CT molecular complexity index is 771. The number of nitrogens with two attached hydrogens (primary N) is 1. The van der Waals surface area contributed by atoms with Crippen molar-refractivity contribution in [3.05, 3.63) is 48.4 Å². The maximum atomic E-state index is 12.4. The molecule has 7 nitrogen and oxygen atoms in total. The highest BCUT2D eigenvalue weighted by molar-refractivity contribution is 8.00. The Hall–Kier alpha value is -2.76.